The van der Waals surface area contributed by atoms with Crippen LogP contribution in [0.25, 0.3) is 0 Å². The van der Waals surface area contributed by atoms with Gasteiger partial charge >= 0.3 is 0 Å². The molecule has 358 valence electrons. The summed E-state index contributed by atoms with van der Waals surface area (Å²) in [7, 11) is -2.23. The van der Waals surface area contributed by atoms with Gasteiger partial charge < -0.3 is 18.7 Å². The lowest BCUT2D eigenvalue weighted by atomic mass is 9.86. The Morgan fingerprint density at radius 2 is 1.03 bits per heavy atom. The number of hydrogen-bond acceptors (Lipinski definition) is 8. The van der Waals surface area contributed by atoms with Crippen LogP contribution in [0.2, 0.25) is 51.3 Å². The molecule has 0 bridgehead atoms. The SMILES string of the molecule is CC(C)(C)c1ccc(C(O)CO[Si](C)(C)C(C)(C)C)cc1.CC(C)(C)n1ncc(Cl)c(Cl)c1=O.Cn1ncc(OC(CO[Si](C)(C)C(C)(C)C)c2ccc(C(C)(C)C)cc2)c(Cl)c1=O. The number of aryl methyl sites for hydroxylation is 1. The van der Waals surface area contributed by atoms with Crippen molar-refractivity contribution < 1.29 is 18.7 Å². The summed E-state index contributed by atoms with van der Waals surface area (Å²) in [6.07, 6.45) is 1.90. The second-order valence-electron chi connectivity index (χ2n) is 22.5. The fraction of sp³-hybridized carbons (Fsp3) is 0.592. The van der Waals surface area contributed by atoms with E-state index in [4.69, 9.17) is 48.4 Å². The number of aromatic nitrogens is 4. The number of ether oxygens (including phenoxy) is 1. The normalized spacial score (nSPS) is 13.9. The lowest BCUT2D eigenvalue weighted by molar-refractivity contribution is 0.100. The van der Waals surface area contributed by atoms with E-state index in [0.29, 0.717) is 13.2 Å². The van der Waals surface area contributed by atoms with Gasteiger partial charge in [-0.15, -0.1) is 0 Å². The molecular weight excluding hydrogens is 903 g/mol. The Bertz CT molecular complexity index is 2240. The Morgan fingerprint density at radius 1 is 0.609 bits per heavy atom. The van der Waals surface area contributed by atoms with Crippen molar-refractivity contribution in [3.8, 4) is 5.75 Å². The van der Waals surface area contributed by atoms with Crippen LogP contribution in [-0.2, 0) is 32.3 Å². The third kappa shape index (κ3) is 16.2. The predicted octanol–water partition coefficient (Wildman–Crippen LogP) is 13.2. The van der Waals surface area contributed by atoms with E-state index >= 15 is 0 Å². The summed E-state index contributed by atoms with van der Waals surface area (Å²) < 4.78 is 21.2. The number of nitrogens with zero attached hydrogens (tertiary/aromatic N) is 4. The number of benzene rings is 2. The first-order chi connectivity index (χ1) is 28.8. The second-order valence-corrected chi connectivity index (χ2v) is 33.2. The summed E-state index contributed by atoms with van der Waals surface area (Å²) in [6, 6.07) is 16.6. The fourth-order valence-corrected chi connectivity index (χ4v) is 7.80. The number of aliphatic hydroxyl groups is 1. The second kappa shape index (κ2) is 21.9. The average molecular weight is 981 g/mol. The molecule has 1 N–H and O–H groups in total. The topological polar surface area (TPSA) is 118 Å². The van der Waals surface area contributed by atoms with Gasteiger partial charge in [0.1, 0.15) is 17.2 Å². The standard InChI is InChI=1S/C23H35ClN2O3Si.C18H32O2Si.C8H10Cl2N2O/c1-22(2,3)17-12-10-16(11-13-17)19(15-28-30(8,9)23(4,5)6)29-18-14-25-26(7)21(27)20(18)24;1-17(2,3)15-11-9-14(10-12-15)16(19)13-20-21(7,8)18(4,5)6;1-8(2,3)12-7(13)6(10)5(9)4-11-12/h10-14,19H,15H2,1-9H3;9-12,16,19H,13H2,1-8H3;4H,1-3H3. The first-order valence-electron chi connectivity index (χ1n) is 21.8. The molecule has 0 aliphatic carbocycles. The van der Waals surface area contributed by atoms with Gasteiger partial charge in [0.25, 0.3) is 11.1 Å². The molecule has 2 unspecified atom stereocenters. The summed E-state index contributed by atoms with van der Waals surface area (Å²) in [5.41, 5.74) is 3.49. The van der Waals surface area contributed by atoms with Gasteiger partial charge in [0.15, 0.2) is 27.4 Å². The maximum Gasteiger partial charge on any atom is 0.289 e. The molecule has 0 aliphatic heterocycles. The zero-order valence-electron chi connectivity index (χ0n) is 42.3. The molecule has 4 aromatic rings. The molecule has 2 atom stereocenters. The zero-order chi connectivity index (χ0) is 49.6. The Balaban J connectivity index is 0.000000359. The van der Waals surface area contributed by atoms with Gasteiger partial charge in [0.05, 0.1) is 36.2 Å². The van der Waals surface area contributed by atoms with Gasteiger partial charge in [-0.2, -0.15) is 10.2 Å². The molecule has 0 amide bonds. The molecule has 0 fully saturated rings. The first-order valence-corrected chi connectivity index (χ1v) is 28.8. The quantitative estimate of drug-likeness (QED) is 0.156. The van der Waals surface area contributed by atoms with Crippen molar-refractivity contribution in [1.82, 2.24) is 19.6 Å². The molecule has 0 saturated heterocycles. The van der Waals surface area contributed by atoms with Crippen molar-refractivity contribution in [3.63, 3.8) is 0 Å². The van der Waals surface area contributed by atoms with Crippen LogP contribution in [0.1, 0.15) is 138 Å². The average Bonchev–Trinajstić information content (AvgIpc) is 3.16. The third-order valence-electron chi connectivity index (χ3n) is 11.9. The van der Waals surface area contributed by atoms with Gasteiger partial charge in [-0.3, -0.25) is 9.59 Å². The Labute approximate surface area is 401 Å². The summed E-state index contributed by atoms with van der Waals surface area (Å²) >= 11 is 17.6. The lowest BCUT2D eigenvalue weighted by Crippen LogP contribution is -2.42. The van der Waals surface area contributed by atoms with E-state index < -0.39 is 28.8 Å². The highest BCUT2D eigenvalue weighted by Crippen LogP contribution is 2.39. The van der Waals surface area contributed by atoms with Gasteiger partial charge in [0.2, 0.25) is 0 Å². The molecule has 2 aromatic carbocycles. The lowest BCUT2D eigenvalue weighted by Gasteiger charge is -2.37. The fourth-order valence-electron chi connectivity index (χ4n) is 5.32. The Kier molecular flexibility index (Phi) is 19.6. The Morgan fingerprint density at radius 3 is 1.44 bits per heavy atom. The van der Waals surface area contributed by atoms with Crippen LogP contribution < -0.4 is 15.9 Å². The van der Waals surface area contributed by atoms with E-state index in [1.165, 1.54) is 32.9 Å². The molecule has 0 spiro atoms. The van der Waals surface area contributed by atoms with E-state index in [2.05, 4.69) is 156 Å². The van der Waals surface area contributed by atoms with Crippen molar-refractivity contribution in [2.45, 2.75) is 169 Å². The van der Waals surface area contributed by atoms with E-state index in [0.717, 1.165) is 11.1 Å². The molecule has 64 heavy (non-hydrogen) atoms. The summed E-state index contributed by atoms with van der Waals surface area (Å²) in [5, 5.41) is 18.8. The minimum atomic E-state index is -1.99. The largest absolute Gasteiger partial charge is 0.480 e. The molecule has 2 heterocycles. The summed E-state index contributed by atoms with van der Waals surface area (Å²) in [5.74, 6) is 0.267. The zero-order valence-corrected chi connectivity index (χ0v) is 46.5. The van der Waals surface area contributed by atoms with Crippen LogP contribution in [0.3, 0.4) is 0 Å². The smallest absolute Gasteiger partial charge is 0.289 e. The van der Waals surface area contributed by atoms with Crippen molar-refractivity contribution in [2.75, 3.05) is 13.2 Å². The van der Waals surface area contributed by atoms with Crippen LogP contribution in [-0.4, -0.2) is 54.5 Å². The molecule has 2 aromatic heterocycles. The minimum absolute atomic E-state index is 0.0200. The highest BCUT2D eigenvalue weighted by Gasteiger charge is 2.39. The maximum atomic E-state index is 12.2. The Hall–Kier alpha value is -2.82. The number of halogens is 3. The minimum Gasteiger partial charge on any atom is -0.480 e. The molecule has 0 saturated carbocycles. The molecule has 15 heteroatoms. The van der Waals surface area contributed by atoms with Gasteiger partial charge in [-0.25, -0.2) is 9.36 Å². The van der Waals surface area contributed by atoms with Crippen molar-refractivity contribution in [1.29, 1.82) is 0 Å². The van der Waals surface area contributed by atoms with Crippen LogP contribution in [0.15, 0.2) is 70.5 Å². The first kappa shape index (κ1) is 57.3. The third-order valence-corrected chi connectivity index (χ3v) is 22.0. The van der Waals surface area contributed by atoms with Gasteiger partial charge in [0, 0.05) is 7.05 Å². The van der Waals surface area contributed by atoms with E-state index in [-0.39, 0.29) is 58.4 Å². The van der Waals surface area contributed by atoms with E-state index in [9.17, 15) is 14.7 Å². The highest BCUT2D eigenvalue weighted by atomic mass is 35.5. The van der Waals surface area contributed by atoms with Crippen molar-refractivity contribution >= 4 is 51.4 Å². The summed E-state index contributed by atoms with van der Waals surface area (Å²) in [6.45, 7) is 41.6. The van der Waals surface area contributed by atoms with Crippen LogP contribution >= 0.6 is 34.8 Å². The highest BCUT2D eigenvalue weighted by molar-refractivity contribution is 6.74. The van der Waals surface area contributed by atoms with E-state index in [1.54, 1.807) is 7.05 Å². The van der Waals surface area contributed by atoms with Crippen LogP contribution in [0.5, 0.6) is 5.75 Å². The molecular formula is C49H77Cl3N4O6Si2. The van der Waals surface area contributed by atoms with E-state index in [1.807, 2.05) is 32.9 Å². The van der Waals surface area contributed by atoms with Crippen molar-refractivity contribution in [2.24, 2.45) is 7.05 Å². The molecule has 10 nitrogen and oxygen atoms in total. The maximum absolute atomic E-state index is 12.2. The molecule has 0 aliphatic rings. The molecule has 4 rings (SSSR count). The van der Waals surface area contributed by atoms with Crippen molar-refractivity contribution in [3.05, 3.63) is 119 Å². The van der Waals surface area contributed by atoms with Crippen LogP contribution in [0.4, 0.5) is 0 Å². The predicted molar refractivity (Wildman–Crippen MR) is 273 cm³/mol. The van der Waals surface area contributed by atoms with Gasteiger partial charge in [-0.05, 0) is 90.1 Å². The summed E-state index contributed by atoms with van der Waals surface area (Å²) in [4.78, 5) is 23.7. The van der Waals surface area contributed by atoms with Crippen LogP contribution in [0, 0.1) is 0 Å². The van der Waals surface area contributed by atoms with Gasteiger partial charge in [-0.1, -0.05) is 166 Å². The monoisotopic (exact) mass is 978 g/mol. The number of hydrogen-bond donors (Lipinski definition) is 1. The number of aliphatic hydroxyl groups excluding tert-OH is 1. The number of rotatable bonds is 10. The molecule has 0 radical (unpaired) electrons.